The Bertz CT molecular complexity index is 1050. The first-order valence-electron chi connectivity index (χ1n) is 9.72. The lowest BCUT2D eigenvalue weighted by Gasteiger charge is -2.14. The van der Waals surface area contributed by atoms with Crippen molar-refractivity contribution in [3.63, 3.8) is 0 Å². The molecule has 0 radical (unpaired) electrons. The number of halogens is 1. The molecular weight excluding hydrogens is 373 g/mol. The van der Waals surface area contributed by atoms with Crippen molar-refractivity contribution in [2.24, 2.45) is 0 Å². The maximum absolute atomic E-state index is 13.0. The largest absolute Gasteiger partial charge is 0.464 e. The minimum atomic E-state index is -0.488. The van der Waals surface area contributed by atoms with E-state index in [0.29, 0.717) is 0 Å². The zero-order chi connectivity index (χ0) is 20.4. The Hall–Kier alpha value is -3.15. The van der Waals surface area contributed by atoms with E-state index in [1.807, 2.05) is 0 Å². The predicted molar refractivity (Wildman–Crippen MR) is 106 cm³/mol. The van der Waals surface area contributed by atoms with Gasteiger partial charge in [-0.3, -0.25) is 9.59 Å². The summed E-state index contributed by atoms with van der Waals surface area (Å²) in [7, 11) is 0. The standard InChI is InChI=1S/C23H22FNO4/c1-14(15-5-7-19(24)8-6-15)25-22(26)13-29-23(27)11-18-12-28-21-10-17-4-2-3-16(17)9-20(18)21/h5-10,12,14H,2-4,11,13H2,1H3,(H,25,26). The highest BCUT2D eigenvalue weighted by Gasteiger charge is 2.18. The van der Waals surface area contributed by atoms with Crippen LogP contribution in [0.2, 0.25) is 0 Å². The van der Waals surface area contributed by atoms with Crippen LogP contribution in [0.5, 0.6) is 0 Å². The number of hydrogen-bond donors (Lipinski definition) is 1. The number of carbonyl (C=O) groups excluding carboxylic acids is 2. The van der Waals surface area contributed by atoms with E-state index >= 15 is 0 Å². The smallest absolute Gasteiger partial charge is 0.310 e. The number of benzene rings is 2. The summed E-state index contributed by atoms with van der Waals surface area (Å²) in [6.07, 6.45) is 4.89. The first-order chi connectivity index (χ1) is 14.0. The fraction of sp³-hybridized carbons (Fsp3) is 0.304. The van der Waals surface area contributed by atoms with Crippen LogP contribution >= 0.6 is 0 Å². The van der Waals surface area contributed by atoms with Gasteiger partial charge < -0.3 is 14.5 Å². The molecule has 4 rings (SSSR count). The van der Waals surface area contributed by atoms with Crippen molar-refractivity contribution in [1.82, 2.24) is 5.32 Å². The number of amides is 1. The van der Waals surface area contributed by atoms with Crippen LogP contribution in [0.1, 0.15) is 41.6 Å². The third-order valence-electron chi connectivity index (χ3n) is 5.31. The molecule has 3 aromatic rings. The fourth-order valence-corrected chi connectivity index (χ4v) is 3.76. The predicted octanol–water partition coefficient (Wildman–Crippen LogP) is 4.02. The molecule has 6 heteroatoms. The highest BCUT2D eigenvalue weighted by atomic mass is 19.1. The number of furan rings is 1. The van der Waals surface area contributed by atoms with E-state index in [0.717, 1.165) is 41.4 Å². The highest BCUT2D eigenvalue weighted by Crippen LogP contribution is 2.30. The molecule has 1 N–H and O–H groups in total. The normalized spacial score (nSPS) is 13.9. The summed E-state index contributed by atoms with van der Waals surface area (Å²) < 4.78 is 23.7. The van der Waals surface area contributed by atoms with Gasteiger partial charge in [0.05, 0.1) is 18.7 Å². The van der Waals surface area contributed by atoms with Crippen molar-refractivity contribution in [2.75, 3.05) is 6.61 Å². The first kappa shape index (κ1) is 19.2. The molecule has 1 atom stereocenters. The van der Waals surface area contributed by atoms with Crippen LogP contribution in [-0.4, -0.2) is 18.5 Å². The maximum atomic E-state index is 13.0. The quantitative estimate of drug-likeness (QED) is 0.640. The molecule has 0 saturated carbocycles. The van der Waals surface area contributed by atoms with Gasteiger partial charge in [-0.1, -0.05) is 12.1 Å². The molecule has 0 aliphatic heterocycles. The second-order valence-corrected chi connectivity index (χ2v) is 7.41. The van der Waals surface area contributed by atoms with E-state index in [9.17, 15) is 14.0 Å². The number of ether oxygens (including phenoxy) is 1. The molecule has 150 valence electrons. The van der Waals surface area contributed by atoms with Crippen molar-refractivity contribution in [3.05, 3.63) is 70.7 Å². The van der Waals surface area contributed by atoms with E-state index in [-0.39, 0.29) is 24.9 Å². The van der Waals surface area contributed by atoms with Gasteiger partial charge in [0.2, 0.25) is 0 Å². The van der Waals surface area contributed by atoms with E-state index in [2.05, 4.69) is 17.4 Å². The highest BCUT2D eigenvalue weighted by molar-refractivity contribution is 5.88. The summed E-state index contributed by atoms with van der Waals surface area (Å²) in [5.74, 6) is -1.24. The summed E-state index contributed by atoms with van der Waals surface area (Å²) in [6, 6.07) is 9.71. The third-order valence-corrected chi connectivity index (χ3v) is 5.31. The van der Waals surface area contributed by atoms with Gasteiger partial charge in [0.25, 0.3) is 5.91 Å². The molecule has 2 aromatic carbocycles. The lowest BCUT2D eigenvalue weighted by molar-refractivity contribution is -0.148. The van der Waals surface area contributed by atoms with Crippen molar-refractivity contribution in [2.45, 2.75) is 38.6 Å². The van der Waals surface area contributed by atoms with Gasteiger partial charge >= 0.3 is 5.97 Å². The maximum Gasteiger partial charge on any atom is 0.310 e. The van der Waals surface area contributed by atoms with Crippen molar-refractivity contribution >= 4 is 22.8 Å². The van der Waals surface area contributed by atoms with Crippen LogP contribution in [0.3, 0.4) is 0 Å². The minimum Gasteiger partial charge on any atom is -0.464 e. The lowest BCUT2D eigenvalue weighted by atomic mass is 10.0. The van der Waals surface area contributed by atoms with Crippen molar-refractivity contribution < 1.29 is 23.1 Å². The van der Waals surface area contributed by atoms with Crippen LogP contribution in [0.25, 0.3) is 11.0 Å². The zero-order valence-electron chi connectivity index (χ0n) is 16.2. The second-order valence-electron chi connectivity index (χ2n) is 7.41. The van der Waals surface area contributed by atoms with Crippen LogP contribution in [0.4, 0.5) is 4.39 Å². The van der Waals surface area contributed by atoms with E-state index < -0.39 is 11.9 Å². The molecule has 1 aliphatic carbocycles. The van der Waals surface area contributed by atoms with Gasteiger partial charge in [-0.05, 0) is 67.1 Å². The number of hydrogen-bond acceptors (Lipinski definition) is 4. The number of carbonyl (C=O) groups is 2. The molecule has 1 amide bonds. The fourth-order valence-electron chi connectivity index (χ4n) is 3.76. The molecule has 5 nitrogen and oxygen atoms in total. The summed E-state index contributed by atoms with van der Waals surface area (Å²) in [4.78, 5) is 24.3. The number of esters is 1. The van der Waals surface area contributed by atoms with E-state index in [1.165, 1.54) is 23.3 Å². The Kier molecular flexibility index (Phi) is 5.34. The minimum absolute atomic E-state index is 0.0482. The molecule has 1 aromatic heterocycles. The molecular formula is C23H22FNO4. The summed E-state index contributed by atoms with van der Waals surface area (Å²) in [5, 5.41) is 3.66. The molecule has 1 aliphatic rings. The van der Waals surface area contributed by atoms with Crippen LogP contribution in [0.15, 0.2) is 47.1 Å². The molecule has 1 heterocycles. The van der Waals surface area contributed by atoms with E-state index in [4.69, 9.17) is 9.15 Å². The van der Waals surface area contributed by atoms with Crippen LogP contribution in [-0.2, 0) is 33.6 Å². The third kappa shape index (κ3) is 4.31. The molecule has 0 bridgehead atoms. The topological polar surface area (TPSA) is 68.5 Å². The lowest BCUT2D eigenvalue weighted by Crippen LogP contribution is -2.31. The molecule has 1 unspecified atom stereocenters. The van der Waals surface area contributed by atoms with Gasteiger partial charge in [0, 0.05) is 10.9 Å². The van der Waals surface area contributed by atoms with Crippen LogP contribution < -0.4 is 5.32 Å². The van der Waals surface area contributed by atoms with Gasteiger partial charge in [0.1, 0.15) is 11.4 Å². The number of rotatable bonds is 6. The van der Waals surface area contributed by atoms with Crippen molar-refractivity contribution in [1.29, 1.82) is 0 Å². The summed E-state index contributed by atoms with van der Waals surface area (Å²) in [5.41, 5.74) is 4.93. The average molecular weight is 395 g/mol. The Morgan fingerprint density at radius 1 is 1.17 bits per heavy atom. The molecule has 0 spiro atoms. The van der Waals surface area contributed by atoms with Gasteiger partial charge in [-0.15, -0.1) is 0 Å². The number of fused-ring (bicyclic) bond motifs is 2. The molecule has 0 saturated heterocycles. The van der Waals surface area contributed by atoms with Crippen molar-refractivity contribution in [3.8, 4) is 0 Å². The second kappa shape index (κ2) is 8.07. The Morgan fingerprint density at radius 2 is 1.90 bits per heavy atom. The Morgan fingerprint density at radius 3 is 2.66 bits per heavy atom. The average Bonchev–Trinajstić information content (AvgIpc) is 3.31. The number of nitrogens with one attached hydrogen (secondary N) is 1. The summed E-state index contributed by atoms with van der Waals surface area (Å²) >= 11 is 0. The van der Waals surface area contributed by atoms with Gasteiger partial charge in [-0.25, -0.2) is 4.39 Å². The van der Waals surface area contributed by atoms with Gasteiger partial charge in [-0.2, -0.15) is 0 Å². The SMILES string of the molecule is CC(NC(=O)COC(=O)Cc1coc2cc3c(cc12)CCC3)c1ccc(F)cc1. The van der Waals surface area contributed by atoms with E-state index in [1.54, 1.807) is 25.3 Å². The number of aryl methyl sites for hydroxylation is 2. The Labute approximate surface area is 167 Å². The molecule has 0 fully saturated rings. The van der Waals surface area contributed by atoms with Crippen LogP contribution in [0, 0.1) is 5.82 Å². The van der Waals surface area contributed by atoms with Gasteiger partial charge in [0.15, 0.2) is 6.61 Å². The monoisotopic (exact) mass is 395 g/mol. The first-order valence-corrected chi connectivity index (χ1v) is 9.72. The zero-order valence-corrected chi connectivity index (χ0v) is 16.2. The summed E-state index contributed by atoms with van der Waals surface area (Å²) in [6.45, 7) is 1.42. The Balaban J connectivity index is 1.31. The molecule has 29 heavy (non-hydrogen) atoms.